The molecule has 1 saturated carbocycles. The molecule has 1 aromatic carbocycles. The van der Waals surface area contributed by atoms with Crippen LogP contribution in [0.2, 0.25) is 0 Å². The van der Waals surface area contributed by atoms with Gasteiger partial charge in [-0.3, -0.25) is 0 Å². The number of rotatable bonds is 5. The molecule has 0 aromatic heterocycles. The van der Waals surface area contributed by atoms with Crippen molar-refractivity contribution in [3.05, 3.63) is 29.6 Å². The van der Waals surface area contributed by atoms with Crippen molar-refractivity contribution in [3.63, 3.8) is 0 Å². The molecule has 18 heavy (non-hydrogen) atoms. The fraction of sp³-hybridized carbons (Fsp3) is 0.571. The number of nitrogens with two attached hydrogens (primary N) is 1. The highest BCUT2D eigenvalue weighted by Gasteiger charge is 2.25. The van der Waals surface area contributed by atoms with Crippen LogP contribution in [0, 0.1) is 5.82 Å². The molecule has 0 unspecified atom stereocenters. The first-order chi connectivity index (χ1) is 8.77. The lowest BCUT2D eigenvalue weighted by molar-refractivity contribution is 0.296. The molecule has 0 heterocycles. The van der Waals surface area contributed by atoms with E-state index >= 15 is 0 Å². The van der Waals surface area contributed by atoms with E-state index in [1.54, 1.807) is 6.07 Å². The molecule has 1 aliphatic rings. The van der Waals surface area contributed by atoms with Gasteiger partial charge in [0.1, 0.15) is 5.82 Å². The van der Waals surface area contributed by atoms with Crippen molar-refractivity contribution in [2.24, 2.45) is 5.73 Å². The first-order valence-electron chi connectivity index (χ1n) is 6.63. The Kier molecular flexibility index (Phi) is 4.55. The predicted molar refractivity (Wildman–Crippen MR) is 71.0 cm³/mol. The summed E-state index contributed by atoms with van der Waals surface area (Å²) in [6, 6.07) is 5.34. The highest BCUT2D eigenvalue weighted by Crippen LogP contribution is 2.32. The zero-order valence-corrected chi connectivity index (χ0v) is 10.6. The Morgan fingerprint density at radius 3 is 2.67 bits per heavy atom. The van der Waals surface area contributed by atoms with Crippen LogP contribution in [0.4, 0.5) is 10.1 Å². The molecule has 0 bridgehead atoms. The summed E-state index contributed by atoms with van der Waals surface area (Å²) in [6.07, 6.45) is 4.49. The molecule has 100 valence electrons. The molecule has 0 amide bonds. The van der Waals surface area contributed by atoms with Crippen LogP contribution < -0.4 is 10.6 Å². The summed E-state index contributed by atoms with van der Waals surface area (Å²) in [7, 11) is 0. The third kappa shape index (κ3) is 2.65. The van der Waals surface area contributed by atoms with Gasteiger partial charge in [-0.15, -0.1) is 0 Å². The summed E-state index contributed by atoms with van der Waals surface area (Å²) in [5.74, 6) is -0.238. The summed E-state index contributed by atoms with van der Waals surface area (Å²) in [4.78, 5) is 2.00. The van der Waals surface area contributed by atoms with Crippen molar-refractivity contribution >= 4 is 5.69 Å². The molecule has 0 atom stereocenters. The van der Waals surface area contributed by atoms with Crippen LogP contribution in [-0.4, -0.2) is 24.3 Å². The fourth-order valence-electron chi connectivity index (χ4n) is 2.85. The smallest absolute Gasteiger partial charge is 0.146 e. The lowest BCUT2D eigenvalue weighted by Gasteiger charge is -2.32. The van der Waals surface area contributed by atoms with Crippen molar-refractivity contribution in [2.45, 2.75) is 38.3 Å². The zero-order valence-electron chi connectivity index (χ0n) is 10.6. The molecule has 3 N–H and O–H groups in total. The van der Waals surface area contributed by atoms with Crippen LogP contribution >= 0.6 is 0 Å². The molecular formula is C14H21FN2O. The van der Waals surface area contributed by atoms with Gasteiger partial charge in [-0.2, -0.15) is 0 Å². The second kappa shape index (κ2) is 6.16. The number of aliphatic hydroxyl groups is 1. The molecule has 2 rings (SSSR count). The predicted octanol–water partition coefficient (Wildman–Crippen LogP) is 2.03. The summed E-state index contributed by atoms with van der Waals surface area (Å²) in [5.41, 5.74) is 7.10. The quantitative estimate of drug-likeness (QED) is 0.843. The number of benzene rings is 1. The fourth-order valence-corrected chi connectivity index (χ4v) is 2.85. The largest absolute Gasteiger partial charge is 0.395 e. The van der Waals surface area contributed by atoms with Gasteiger partial charge in [0.25, 0.3) is 0 Å². The molecule has 0 aliphatic heterocycles. The first kappa shape index (κ1) is 13.3. The summed E-state index contributed by atoms with van der Waals surface area (Å²) in [5, 5.41) is 9.22. The molecule has 0 radical (unpaired) electrons. The maximum Gasteiger partial charge on any atom is 0.146 e. The third-order valence-electron chi connectivity index (χ3n) is 3.68. The molecule has 1 aromatic rings. The van der Waals surface area contributed by atoms with Gasteiger partial charge in [0.2, 0.25) is 0 Å². The van der Waals surface area contributed by atoms with Crippen molar-refractivity contribution in [1.82, 2.24) is 0 Å². The van der Waals surface area contributed by atoms with Gasteiger partial charge >= 0.3 is 0 Å². The van der Waals surface area contributed by atoms with E-state index in [2.05, 4.69) is 0 Å². The maximum absolute atomic E-state index is 14.1. The standard InChI is InChI=1S/C14H21FN2O/c15-13-7-3-4-11(10-16)14(13)17(8-9-18)12-5-1-2-6-12/h3-4,7,12,18H,1-2,5-6,8-10,16H2. The van der Waals surface area contributed by atoms with E-state index in [9.17, 15) is 9.50 Å². The van der Waals surface area contributed by atoms with Crippen molar-refractivity contribution in [2.75, 3.05) is 18.1 Å². The van der Waals surface area contributed by atoms with Crippen LogP contribution in [-0.2, 0) is 6.54 Å². The van der Waals surface area contributed by atoms with Gasteiger partial charge in [0, 0.05) is 19.1 Å². The Hall–Kier alpha value is -1.13. The van der Waals surface area contributed by atoms with Gasteiger partial charge in [-0.25, -0.2) is 4.39 Å². The zero-order chi connectivity index (χ0) is 13.0. The molecule has 1 aliphatic carbocycles. The number of anilines is 1. The number of aliphatic hydroxyl groups excluding tert-OH is 1. The van der Waals surface area contributed by atoms with E-state index in [0.29, 0.717) is 24.8 Å². The van der Waals surface area contributed by atoms with Gasteiger partial charge in [0.15, 0.2) is 0 Å². The monoisotopic (exact) mass is 252 g/mol. The van der Waals surface area contributed by atoms with Crippen molar-refractivity contribution in [3.8, 4) is 0 Å². The van der Waals surface area contributed by atoms with E-state index in [1.165, 1.54) is 18.9 Å². The first-order valence-corrected chi connectivity index (χ1v) is 6.63. The summed E-state index contributed by atoms with van der Waals surface area (Å²) >= 11 is 0. The molecule has 4 heteroatoms. The minimum atomic E-state index is -0.238. The van der Waals surface area contributed by atoms with E-state index in [-0.39, 0.29) is 12.4 Å². The highest BCUT2D eigenvalue weighted by atomic mass is 19.1. The molecule has 0 spiro atoms. The van der Waals surface area contributed by atoms with Crippen LogP contribution in [0.3, 0.4) is 0 Å². The van der Waals surface area contributed by atoms with Gasteiger partial charge in [-0.05, 0) is 24.5 Å². The second-order valence-electron chi connectivity index (χ2n) is 4.81. The number of nitrogens with zero attached hydrogens (tertiary/aromatic N) is 1. The Bertz CT molecular complexity index is 391. The Morgan fingerprint density at radius 1 is 1.33 bits per heavy atom. The Morgan fingerprint density at radius 2 is 2.06 bits per heavy atom. The maximum atomic E-state index is 14.1. The number of para-hydroxylation sites is 1. The van der Waals surface area contributed by atoms with Crippen LogP contribution in [0.1, 0.15) is 31.2 Å². The molecule has 1 fully saturated rings. The van der Waals surface area contributed by atoms with Crippen LogP contribution in [0.25, 0.3) is 0 Å². The van der Waals surface area contributed by atoms with E-state index < -0.39 is 0 Å². The van der Waals surface area contributed by atoms with Gasteiger partial charge in [-0.1, -0.05) is 25.0 Å². The summed E-state index contributed by atoms with van der Waals surface area (Å²) < 4.78 is 14.1. The minimum Gasteiger partial charge on any atom is -0.395 e. The van der Waals surface area contributed by atoms with Gasteiger partial charge < -0.3 is 15.7 Å². The van der Waals surface area contributed by atoms with E-state index in [1.807, 2.05) is 11.0 Å². The lowest BCUT2D eigenvalue weighted by atomic mass is 10.1. The third-order valence-corrected chi connectivity index (χ3v) is 3.68. The summed E-state index contributed by atoms with van der Waals surface area (Å²) in [6.45, 7) is 0.829. The molecule has 3 nitrogen and oxygen atoms in total. The minimum absolute atomic E-state index is 0.0366. The average molecular weight is 252 g/mol. The molecule has 0 saturated heterocycles. The SMILES string of the molecule is NCc1cccc(F)c1N(CCO)C1CCCC1. The molecular weight excluding hydrogens is 231 g/mol. The normalized spacial score (nSPS) is 16.2. The number of halogens is 1. The van der Waals surface area contributed by atoms with E-state index in [4.69, 9.17) is 5.73 Å². The number of hydrogen-bond donors (Lipinski definition) is 2. The van der Waals surface area contributed by atoms with Crippen molar-refractivity contribution in [1.29, 1.82) is 0 Å². The highest BCUT2D eigenvalue weighted by molar-refractivity contribution is 5.56. The number of hydrogen-bond acceptors (Lipinski definition) is 3. The van der Waals surface area contributed by atoms with Crippen LogP contribution in [0.15, 0.2) is 18.2 Å². The second-order valence-corrected chi connectivity index (χ2v) is 4.81. The van der Waals surface area contributed by atoms with Crippen molar-refractivity contribution < 1.29 is 9.50 Å². The Balaban J connectivity index is 2.34. The Labute approximate surface area is 107 Å². The van der Waals surface area contributed by atoms with Crippen LogP contribution in [0.5, 0.6) is 0 Å². The van der Waals surface area contributed by atoms with E-state index in [0.717, 1.165) is 18.4 Å². The van der Waals surface area contributed by atoms with Gasteiger partial charge in [0.05, 0.1) is 12.3 Å². The topological polar surface area (TPSA) is 49.5 Å². The average Bonchev–Trinajstić information content (AvgIpc) is 2.90. The lowest BCUT2D eigenvalue weighted by Crippen LogP contribution is -2.37.